The molecule has 188 valence electrons. The van der Waals surface area contributed by atoms with E-state index < -0.39 is 27.4 Å². The first-order valence-electron chi connectivity index (χ1n) is 10.6. The summed E-state index contributed by atoms with van der Waals surface area (Å²) >= 11 is 0. The summed E-state index contributed by atoms with van der Waals surface area (Å²) in [5.74, 6) is 0.261. The fourth-order valence-electron chi connectivity index (χ4n) is 3.13. The first-order valence-corrected chi connectivity index (χ1v) is 12.4. The number of nitrogens with zero attached hydrogens (tertiary/aromatic N) is 3. The number of hydrogen-bond donors (Lipinski definition) is 1. The number of methoxy groups -OCH3 is 1. The molecule has 3 aromatic carbocycles. The lowest BCUT2D eigenvalue weighted by atomic mass is 10.2. The molecule has 0 unspecified atom stereocenters. The number of carbonyl (C=O) groups is 1. The third kappa shape index (κ3) is 7.27. The van der Waals surface area contributed by atoms with Gasteiger partial charge in [-0.3, -0.25) is 19.2 Å². The van der Waals surface area contributed by atoms with Crippen molar-refractivity contribution in [1.82, 2.24) is 5.43 Å². The van der Waals surface area contributed by atoms with Crippen molar-refractivity contribution in [1.29, 1.82) is 0 Å². The van der Waals surface area contributed by atoms with Crippen molar-refractivity contribution in [2.75, 3.05) is 24.2 Å². The molecule has 0 radical (unpaired) electrons. The van der Waals surface area contributed by atoms with Crippen molar-refractivity contribution in [2.24, 2.45) is 5.10 Å². The standard InChI is InChI=1S/C24H24N4O7S/c1-34-23-13-19(11-12-22(23)35-17-18-7-4-3-5-8-18)15-25-26-24(29)16-27(36(2,32)33)20-9-6-10-21(14-20)28(30)31/h3-15H,16-17H2,1-2H3,(H,26,29)/b25-15-. The first kappa shape index (κ1) is 26.2. The Morgan fingerprint density at radius 3 is 2.50 bits per heavy atom. The number of nitrogens with one attached hydrogen (secondary N) is 1. The second kappa shape index (κ2) is 11.8. The highest BCUT2D eigenvalue weighted by Gasteiger charge is 2.22. The number of hydrogen-bond acceptors (Lipinski definition) is 8. The molecule has 0 aliphatic rings. The van der Waals surface area contributed by atoms with Crippen molar-refractivity contribution >= 4 is 33.5 Å². The van der Waals surface area contributed by atoms with Crippen molar-refractivity contribution in [2.45, 2.75) is 6.61 Å². The van der Waals surface area contributed by atoms with Crippen molar-refractivity contribution in [3.05, 3.63) is 94.0 Å². The average molecular weight is 513 g/mol. The lowest BCUT2D eigenvalue weighted by Gasteiger charge is -2.21. The minimum Gasteiger partial charge on any atom is -0.493 e. The quantitative estimate of drug-likeness (QED) is 0.236. The van der Waals surface area contributed by atoms with Crippen molar-refractivity contribution in [3.63, 3.8) is 0 Å². The van der Waals surface area contributed by atoms with Gasteiger partial charge in [0.15, 0.2) is 11.5 Å². The Hall–Kier alpha value is -4.45. The molecule has 0 spiro atoms. The van der Waals surface area contributed by atoms with Crippen molar-refractivity contribution in [3.8, 4) is 11.5 Å². The van der Waals surface area contributed by atoms with Crippen LogP contribution in [0.25, 0.3) is 0 Å². The van der Waals surface area contributed by atoms with Crippen LogP contribution in [0, 0.1) is 10.1 Å². The molecule has 0 saturated heterocycles. The molecular formula is C24H24N4O7S. The monoisotopic (exact) mass is 512 g/mol. The number of rotatable bonds is 11. The molecule has 3 aromatic rings. The first-order chi connectivity index (χ1) is 17.2. The molecule has 1 amide bonds. The predicted molar refractivity (Wildman–Crippen MR) is 135 cm³/mol. The van der Waals surface area contributed by atoms with Gasteiger partial charge < -0.3 is 9.47 Å². The number of nitro benzene ring substituents is 1. The van der Waals surface area contributed by atoms with Gasteiger partial charge in [0.25, 0.3) is 11.6 Å². The summed E-state index contributed by atoms with van der Waals surface area (Å²) in [6, 6.07) is 19.7. The number of sulfonamides is 1. The predicted octanol–water partition coefficient (Wildman–Crippen LogP) is 3.10. The van der Waals surface area contributed by atoms with Crippen LogP contribution in [-0.2, 0) is 21.4 Å². The fourth-order valence-corrected chi connectivity index (χ4v) is 3.97. The maximum atomic E-state index is 12.4. The van der Waals surface area contributed by atoms with Crippen molar-refractivity contribution < 1.29 is 27.6 Å². The summed E-state index contributed by atoms with van der Waals surface area (Å²) in [6.07, 6.45) is 2.26. The van der Waals surface area contributed by atoms with E-state index in [1.165, 1.54) is 31.5 Å². The molecule has 0 aliphatic carbocycles. The summed E-state index contributed by atoms with van der Waals surface area (Å²) < 4.78 is 36.3. The number of non-ortho nitro benzene ring substituents is 1. The van der Waals surface area contributed by atoms with Gasteiger partial charge >= 0.3 is 0 Å². The van der Waals surface area contributed by atoms with E-state index in [1.54, 1.807) is 18.2 Å². The zero-order valence-corrected chi connectivity index (χ0v) is 20.3. The van der Waals surface area contributed by atoms with E-state index in [2.05, 4.69) is 10.5 Å². The number of carbonyl (C=O) groups excluding carboxylic acids is 1. The molecular weight excluding hydrogens is 488 g/mol. The molecule has 0 bridgehead atoms. The van der Waals surface area contributed by atoms with Crippen LogP contribution in [0.5, 0.6) is 11.5 Å². The molecule has 0 heterocycles. The maximum Gasteiger partial charge on any atom is 0.271 e. The average Bonchev–Trinajstić information content (AvgIpc) is 2.86. The highest BCUT2D eigenvalue weighted by atomic mass is 32.2. The Kier molecular flexibility index (Phi) is 8.57. The largest absolute Gasteiger partial charge is 0.493 e. The highest BCUT2D eigenvalue weighted by Crippen LogP contribution is 2.28. The van der Waals surface area contributed by atoms with E-state index in [0.717, 1.165) is 22.2 Å². The second-order valence-corrected chi connectivity index (χ2v) is 9.43. The Morgan fingerprint density at radius 2 is 1.83 bits per heavy atom. The molecule has 0 atom stereocenters. The van der Waals surface area contributed by atoms with Gasteiger partial charge in [-0.1, -0.05) is 36.4 Å². The van der Waals surface area contributed by atoms with Crippen LogP contribution in [0.2, 0.25) is 0 Å². The van der Waals surface area contributed by atoms with Crippen LogP contribution in [0.1, 0.15) is 11.1 Å². The van der Waals surface area contributed by atoms with Gasteiger partial charge in [0.2, 0.25) is 10.0 Å². The van der Waals surface area contributed by atoms with Gasteiger partial charge in [-0.15, -0.1) is 0 Å². The second-order valence-electron chi connectivity index (χ2n) is 7.52. The number of anilines is 1. The summed E-state index contributed by atoms with van der Waals surface area (Å²) in [7, 11) is -2.40. The number of hydrazone groups is 1. The van der Waals surface area contributed by atoms with E-state index in [9.17, 15) is 23.3 Å². The minimum atomic E-state index is -3.90. The van der Waals surface area contributed by atoms with Crippen LogP contribution in [-0.4, -0.2) is 45.4 Å². The molecule has 0 aliphatic heterocycles. The minimum absolute atomic E-state index is 0.0124. The Bertz CT molecular complexity index is 1360. The fraction of sp³-hybridized carbons (Fsp3) is 0.167. The topological polar surface area (TPSA) is 140 Å². The SMILES string of the molecule is COc1cc(/C=N\NC(=O)CN(c2cccc([N+](=O)[O-])c2)S(C)(=O)=O)ccc1OCc1ccccc1. The molecule has 0 fully saturated rings. The van der Waals surface area contributed by atoms with E-state index in [0.29, 0.717) is 23.7 Å². The van der Waals surface area contributed by atoms with E-state index >= 15 is 0 Å². The highest BCUT2D eigenvalue weighted by molar-refractivity contribution is 7.92. The van der Waals surface area contributed by atoms with Gasteiger partial charge in [-0.2, -0.15) is 5.10 Å². The molecule has 0 aromatic heterocycles. The van der Waals surface area contributed by atoms with Crippen LogP contribution in [0.3, 0.4) is 0 Å². The van der Waals surface area contributed by atoms with E-state index in [-0.39, 0.29) is 11.4 Å². The van der Waals surface area contributed by atoms with E-state index in [4.69, 9.17) is 9.47 Å². The summed E-state index contributed by atoms with van der Waals surface area (Å²) in [5, 5.41) is 14.9. The van der Waals surface area contributed by atoms with Crippen LogP contribution >= 0.6 is 0 Å². The van der Waals surface area contributed by atoms with Crippen LogP contribution in [0.4, 0.5) is 11.4 Å². The summed E-state index contributed by atoms with van der Waals surface area (Å²) in [5.41, 5.74) is 3.54. The number of amides is 1. The molecule has 3 rings (SSSR count). The molecule has 0 saturated carbocycles. The van der Waals surface area contributed by atoms with E-state index in [1.807, 2.05) is 30.3 Å². The number of nitro groups is 1. The maximum absolute atomic E-state index is 12.4. The van der Waals surface area contributed by atoms with Gasteiger partial charge in [0, 0.05) is 12.1 Å². The van der Waals surface area contributed by atoms with Gasteiger partial charge in [-0.05, 0) is 35.4 Å². The Labute approximate surface area is 208 Å². The molecule has 36 heavy (non-hydrogen) atoms. The van der Waals surface area contributed by atoms with Gasteiger partial charge in [0.1, 0.15) is 13.2 Å². The summed E-state index contributed by atoms with van der Waals surface area (Å²) in [6.45, 7) is -0.255. The van der Waals surface area contributed by atoms with Crippen LogP contribution in [0.15, 0.2) is 77.9 Å². The number of benzene rings is 3. The zero-order valence-electron chi connectivity index (χ0n) is 19.5. The Balaban J connectivity index is 1.65. The molecule has 12 heteroatoms. The van der Waals surface area contributed by atoms with Gasteiger partial charge in [0.05, 0.1) is 30.2 Å². The van der Waals surface area contributed by atoms with Gasteiger partial charge in [-0.25, -0.2) is 13.8 Å². The summed E-state index contributed by atoms with van der Waals surface area (Å²) in [4.78, 5) is 22.7. The lowest BCUT2D eigenvalue weighted by molar-refractivity contribution is -0.384. The molecule has 1 N–H and O–H groups in total. The third-order valence-electron chi connectivity index (χ3n) is 4.84. The lowest BCUT2D eigenvalue weighted by Crippen LogP contribution is -2.39. The smallest absolute Gasteiger partial charge is 0.271 e. The number of ether oxygens (including phenoxy) is 2. The third-order valence-corrected chi connectivity index (χ3v) is 5.98. The zero-order chi connectivity index (χ0) is 26.1. The molecule has 11 nitrogen and oxygen atoms in total. The Morgan fingerprint density at radius 1 is 1.08 bits per heavy atom. The normalized spacial score (nSPS) is 11.2. The van der Waals surface area contributed by atoms with Crippen LogP contribution < -0.4 is 19.2 Å².